The van der Waals surface area contributed by atoms with Crippen LogP contribution in [-0.4, -0.2) is 6.04 Å². The van der Waals surface area contributed by atoms with E-state index in [-0.39, 0.29) is 11.5 Å². The Morgan fingerprint density at radius 3 is 1.85 bits per heavy atom. The van der Waals surface area contributed by atoms with Gasteiger partial charge in [0.15, 0.2) is 0 Å². The summed E-state index contributed by atoms with van der Waals surface area (Å²) in [6.45, 7) is 11.6. The second-order valence-electron chi connectivity index (χ2n) is 14.4. The second kappa shape index (κ2) is 9.81. The second-order valence-corrected chi connectivity index (χ2v) is 14.4. The first-order valence-corrected chi connectivity index (χ1v) is 16.8. The molecule has 224 valence electrons. The van der Waals surface area contributed by atoms with Crippen LogP contribution < -0.4 is 4.90 Å². The molecule has 0 radical (unpaired) electrons. The van der Waals surface area contributed by atoms with Gasteiger partial charge in [-0.25, -0.2) is 0 Å². The third-order valence-electron chi connectivity index (χ3n) is 10.9. The van der Waals surface area contributed by atoms with Gasteiger partial charge in [-0.1, -0.05) is 125 Å². The number of anilines is 2. The van der Waals surface area contributed by atoms with Crippen molar-refractivity contribution in [3.8, 4) is 11.1 Å². The van der Waals surface area contributed by atoms with Gasteiger partial charge < -0.3 is 4.90 Å². The van der Waals surface area contributed by atoms with Crippen molar-refractivity contribution in [2.24, 2.45) is 0 Å². The molecule has 1 aliphatic carbocycles. The van der Waals surface area contributed by atoms with Crippen molar-refractivity contribution in [2.45, 2.75) is 57.9 Å². The number of allylic oxidation sites excluding steroid dienone is 2. The zero-order valence-corrected chi connectivity index (χ0v) is 27.3. The fourth-order valence-electron chi connectivity index (χ4n) is 8.43. The van der Waals surface area contributed by atoms with Gasteiger partial charge >= 0.3 is 0 Å². The highest BCUT2D eigenvalue weighted by molar-refractivity contribution is 6.09. The van der Waals surface area contributed by atoms with E-state index in [1.54, 1.807) is 0 Å². The number of nitrogens with zero attached hydrogens (tertiary/aromatic N) is 1. The van der Waals surface area contributed by atoms with E-state index >= 15 is 0 Å². The lowest BCUT2D eigenvalue weighted by molar-refractivity contribution is 0.573. The molecule has 0 bridgehead atoms. The van der Waals surface area contributed by atoms with Crippen molar-refractivity contribution in [1.29, 1.82) is 0 Å². The first kappa shape index (κ1) is 27.4. The monoisotopic (exact) mass is 593 g/mol. The normalized spacial score (nSPS) is 19.5. The number of rotatable bonds is 4. The molecule has 0 saturated heterocycles. The van der Waals surface area contributed by atoms with E-state index in [1.165, 1.54) is 83.0 Å². The Hall–Kier alpha value is -4.88. The minimum Gasteiger partial charge on any atom is -0.332 e. The Kier molecular flexibility index (Phi) is 5.85. The van der Waals surface area contributed by atoms with E-state index in [4.69, 9.17) is 0 Å². The quantitative estimate of drug-likeness (QED) is 0.196. The van der Waals surface area contributed by atoms with E-state index in [2.05, 4.69) is 167 Å². The fourth-order valence-corrected chi connectivity index (χ4v) is 8.43. The topological polar surface area (TPSA) is 3.24 Å². The maximum Gasteiger partial charge on any atom is 0.0728 e. The van der Waals surface area contributed by atoms with Gasteiger partial charge in [0.1, 0.15) is 0 Å². The molecule has 0 spiro atoms. The van der Waals surface area contributed by atoms with Crippen molar-refractivity contribution < 1.29 is 0 Å². The first-order chi connectivity index (χ1) is 22.3. The SMILES string of the molecule is CC(C)c1ccc2cc3c(cc2c1)C1=CC(c2ccccc2-c2ccccc2)=CC2(C)c4cc5cc(C(C)C)ccc5cc4N3C12. The average molecular weight is 594 g/mol. The van der Waals surface area contributed by atoms with E-state index in [0.717, 1.165) is 0 Å². The molecule has 6 aromatic rings. The summed E-state index contributed by atoms with van der Waals surface area (Å²) in [6, 6.07) is 44.0. The van der Waals surface area contributed by atoms with Crippen molar-refractivity contribution >= 4 is 44.1 Å². The van der Waals surface area contributed by atoms with Gasteiger partial charge in [-0.3, -0.25) is 0 Å². The molecule has 9 rings (SSSR count). The van der Waals surface area contributed by atoms with Crippen molar-refractivity contribution in [3.05, 3.63) is 155 Å². The summed E-state index contributed by atoms with van der Waals surface area (Å²) in [5, 5.41) is 5.28. The van der Waals surface area contributed by atoms with Gasteiger partial charge in [0.2, 0.25) is 0 Å². The van der Waals surface area contributed by atoms with Crippen LogP contribution in [0.4, 0.5) is 11.4 Å². The highest BCUT2D eigenvalue weighted by Gasteiger charge is 2.54. The van der Waals surface area contributed by atoms with Crippen molar-refractivity contribution in [1.82, 2.24) is 0 Å². The summed E-state index contributed by atoms with van der Waals surface area (Å²) >= 11 is 0. The van der Waals surface area contributed by atoms with Crippen LogP contribution in [0.1, 0.15) is 74.3 Å². The molecule has 0 aromatic heterocycles. The van der Waals surface area contributed by atoms with Gasteiger partial charge in [-0.2, -0.15) is 0 Å². The molecular formula is C45H39N. The number of hydrogen-bond donors (Lipinski definition) is 0. The molecule has 3 aliphatic rings. The van der Waals surface area contributed by atoms with Crippen molar-refractivity contribution in [3.63, 3.8) is 0 Å². The van der Waals surface area contributed by atoms with Crippen LogP contribution >= 0.6 is 0 Å². The first-order valence-electron chi connectivity index (χ1n) is 16.8. The van der Waals surface area contributed by atoms with Crippen LogP contribution in [0.25, 0.3) is 43.8 Å². The molecule has 1 heteroatoms. The minimum atomic E-state index is -0.200. The van der Waals surface area contributed by atoms with Crippen LogP contribution in [0.5, 0.6) is 0 Å². The van der Waals surface area contributed by atoms with E-state index in [9.17, 15) is 0 Å². The van der Waals surface area contributed by atoms with Crippen molar-refractivity contribution in [2.75, 3.05) is 4.90 Å². The van der Waals surface area contributed by atoms with Crippen LogP contribution in [0, 0.1) is 0 Å². The zero-order chi connectivity index (χ0) is 31.3. The predicted octanol–water partition coefficient (Wildman–Crippen LogP) is 12.2. The largest absolute Gasteiger partial charge is 0.332 e. The highest BCUT2D eigenvalue weighted by atomic mass is 15.2. The van der Waals surface area contributed by atoms with Gasteiger partial charge in [0.25, 0.3) is 0 Å². The third-order valence-corrected chi connectivity index (χ3v) is 10.9. The molecule has 2 atom stereocenters. The predicted molar refractivity (Wildman–Crippen MR) is 197 cm³/mol. The molecule has 6 aromatic carbocycles. The van der Waals surface area contributed by atoms with Crippen LogP contribution in [0.2, 0.25) is 0 Å². The Morgan fingerprint density at radius 2 is 1.17 bits per heavy atom. The lowest BCUT2D eigenvalue weighted by Gasteiger charge is -2.35. The molecule has 1 nitrogen and oxygen atoms in total. The minimum absolute atomic E-state index is 0.200. The van der Waals surface area contributed by atoms with E-state index < -0.39 is 0 Å². The lowest BCUT2D eigenvalue weighted by Crippen LogP contribution is -2.38. The Morgan fingerprint density at radius 1 is 0.565 bits per heavy atom. The summed E-state index contributed by atoms with van der Waals surface area (Å²) in [7, 11) is 0. The van der Waals surface area contributed by atoms with Crippen LogP contribution in [0.3, 0.4) is 0 Å². The lowest BCUT2D eigenvalue weighted by atomic mass is 9.69. The summed E-state index contributed by atoms with van der Waals surface area (Å²) in [4.78, 5) is 2.67. The molecule has 2 heterocycles. The molecule has 0 fully saturated rings. The summed E-state index contributed by atoms with van der Waals surface area (Å²) in [5.41, 5.74) is 14.6. The van der Waals surface area contributed by atoms with Gasteiger partial charge in [-0.15, -0.1) is 0 Å². The van der Waals surface area contributed by atoms with Crippen LogP contribution in [-0.2, 0) is 5.41 Å². The molecule has 2 unspecified atom stereocenters. The summed E-state index contributed by atoms with van der Waals surface area (Å²) in [5.74, 6) is 0.997. The van der Waals surface area contributed by atoms with Gasteiger partial charge in [-0.05, 0) is 115 Å². The van der Waals surface area contributed by atoms with Gasteiger partial charge in [0.05, 0.1) is 11.7 Å². The Balaban J connectivity index is 1.34. The van der Waals surface area contributed by atoms with Gasteiger partial charge in [0, 0.05) is 16.7 Å². The molecule has 0 saturated carbocycles. The summed E-state index contributed by atoms with van der Waals surface area (Å²) < 4.78 is 0. The molecule has 0 N–H and O–H groups in total. The zero-order valence-electron chi connectivity index (χ0n) is 27.3. The van der Waals surface area contributed by atoms with Crippen LogP contribution in [0.15, 0.2) is 127 Å². The number of benzene rings is 6. The maximum absolute atomic E-state index is 2.67. The highest BCUT2D eigenvalue weighted by Crippen LogP contribution is 2.63. The van der Waals surface area contributed by atoms with E-state index in [0.29, 0.717) is 11.8 Å². The standard InChI is InChI=1S/C45H39N/c1-27(2)30-15-17-32-24-42-39(21-34(32)19-30)40-22-36(38-14-10-9-13-37(38)29-11-7-6-8-12-29)26-45(5)41-23-35-20-31(28(3)4)16-18-33(35)25-43(41)46(42)44(40)45/h6-28,44H,1-5H3. The number of fused-ring (bicyclic) bond motifs is 8. The molecular weight excluding hydrogens is 555 g/mol. The Labute approximate surface area is 272 Å². The smallest absolute Gasteiger partial charge is 0.0728 e. The maximum atomic E-state index is 2.67. The fraction of sp³-hybridized carbons (Fsp3) is 0.200. The third kappa shape index (κ3) is 3.88. The Bertz CT molecular complexity index is 2280. The summed E-state index contributed by atoms with van der Waals surface area (Å²) in [6.07, 6.45) is 5.09. The molecule has 46 heavy (non-hydrogen) atoms. The number of hydrogen-bond acceptors (Lipinski definition) is 1. The molecule has 2 aliphatic heterocycles. The molecule has 0 amide bonds. The average Bonchev–Trinajstić information content (AvgIpc) is 3.53. The van der Waals surface area contributed by atoms with E-state index in [1.807, 2.05) is 0 Å².